The minimum Gasteiger partial charge on any atom is -0.484 e. The molecule has 0 spiro atoms. The number of hydrogen-bond donors (Lipinski definition) is 1. The lowest BCUT2D eigenvalue weighted by atomic mass is 10.2. The molecule has 158 valence electrons. The second kappa shape index (κ2) is 10.8. The lowest BCUT2D eigenvalue weighted by Crippen LogP contribution is -2.31. The molecular weight excluding hydrogens is 390 g/mol. The van der Waals surface area contributed by atoms with Gasteiger partial charge < -0.3 is 15.0 Å². The molecule has 0 radical (unpaired) electrons. The minimum absolute atomic E-state index is 0.0584. The van der Waals surface area contributed by atoms with Crippen LogP contribution in [0.15, 0.2) is 54.6 Å². The van der Waals surface area contributed by atoms with E-state index in [1.54, 1.807) is 24.3 Å². The van der Waals surface area contributed by atoms with Gasteiger partial charge in [-0.25, -0.2) is 12.7 Å². The number of ether oxygens (including phenoxy) is 1. The van der Waals surface area contributed by atoms with E-state index < -0.39 is 10.0 Å². The summed E-state index contributed by atoms with van der Waals surface area (Å²) in [7, 11) is 0.336. The van der Waals surface area contributed by atoms with Gasteiger partial charge in [0.1, 0.15) is 5.75 Å². The number of para-hydroxylation sites is 1. The normalized spacial score (nSPS) is 11.3. The summed E-state index contributed by atoms with van der Waals surface area (Å²) in [5, 5.41) is 2.85. The predicted octanol–water partition coefficient (Wildman–Crippen LogP) is 2.10. The highest BCUT2D eigenvalue weighted by atomic mass is 32.2. The molecule has 2 aromatic carbocycles. The molecule has 29 heavy (non-hydrogen) atoms. The van der Waals surface area contributed by atoms with Crippen molar-refractivity contribution in [3.63, 3.8) is 0 Å². The summed E-state index contributed by atoms with van der Waals surface area (Å²) in [4.78, 5) is 14.1. The van der Waals surface area contributed by atoms with Gasteiger partial charge in [0, 0.05) is 39.4 Å². The molecule has 0 aliphatic heterocycles. The van der Waals surface area contributed by atoms with Crippen molar-refractivity contribution in [1.29, 1.82) is 0 Å². The van der Waals surface area contributed by atoms with Gasteiger partial charge in [0.25, 0.3) is 5.91 Å². The number of nitrogens with one attached hydrogen (secondary N) is 1. The van der Waals surface area contributed by atoms with Gasteiger partial charge in [0.2, 0.25) is 10.0 Å². The molecular formula is C21H29N3O4S. The molecule has 0 aromatic heterocycles. The fourth-order valence-electron chi connectivity index (χ4n) is 2.62. The Balaban J connectivity index is 1.66. The number of carbonyl (C=O) groups excluding carboxylic acids is 1. The van der Waals surface area contributed by atoms with Crippen molar-refractivity contribution in [3.05, 3.63) is 60.2 Å². The highest BCUT2D eigenvalue weighted by Gasteiger charge is 2.11. The fourth-order valence-corrected chi connectivity index (χ4v) is 3.00. The highest BCUT2D eigenvalue weighted by Crippen LogP contribution is 2.14. The average Bonchev–Trinajstić information content (AvgIpc) is 2.70. The number of nitrogens with zero attached hydrogens (tertiary/aromatic N) is 2. The zero-order chi connectivity index (χ0) is 21.3. The number of anilines is 1. The maximum Gasteiger partial charge on any atom is 0.257 e. The van der Waals surface area contributed by atoms with E-state index in [0.29, 0.717) is 12.3 Å². The van der Waals surface area contributed by atoms with E-state index in [-0.39, 0.29) is 19.1 Å². The molecule has 0 aliphatic carbocycles. The number of sulfonamides is 1. The van der Waals surface area contributed by atoms with Crippen molar-refractivity contribution in [2.45, 2.75) is 13.0 Å². The Morgan fingerprint density at radius 3 is 2.31 bits per heavy atom. The molecule has 0 heterocycles. The second-order valence-corrected chi connectivity index (χ2v) is 9.00. The van der Waals surface area contributed by atoms with Crippen LogP contribution in [-0.2, 0) is 21.4 Å². The van der Waals surface area contributed by atoms with Crippen LogP contribution in [0, 0.1) is 0 Å². The molecule has 7 nitrogen and oxygen atoms in total. The summed E-state index contributed by atoms with van der Waals surface area (Å²) < 4.78 is 29.7. The summed E-state index contributed by atoms with van der Waals surface area (Å²) in [6.45, 7) is 1.65. The Kier molecular flexibility index (Phi) is 8.48. The van der Waals surface area contributed by atoms with Gasteiger partial charge in [-0.2, -0.15) is 0 Å². The quantitative estimate of drug-likeness (QED) is 0.565. The van der Waals surface area contributed by atoms with E-state index in [1.165, 1.54) is 17.6 Å². The number of rotatable bonds is 11. The summed E-state index contributed by atoms with van der Waals surface area (Å²) in [5.74, 6) is 0.392. The minimum atomic E-state index is -3.22. The predicted molar refractivity (Wildman–Crippen MR) is 116 cm³/mol. The molecule has 1 N–H and O–H groups in total. The van der Waals surface area contributed by atoms with Crippen LogP contribution in [0.3, 0.4) is 0 Å². The average molecular weight is 420 g/mol. The summed E-state index contributed by atoms with van der Waals surface area (Å²) in [6.07, 6.45) is 2.00. The first-order valence-corrected chi connectivity index (χ1v) is 11.3. The Bertz CT molecular complexity index is 871. The zero-order valence-corrected chi connectivity index (χ0v) is 18.0. The molecule has 0 saturated carbocycles. The van der Waals surface area contributed by atoms with E-state index in [2.05, 4.69) is 22.3 Å². The van der Waals surface area contributed by atoms with E-state index in [1.807, 2.05) is 25.2 Å². The van der Waals surface area contributed by atoms with Gasteiger partial charge in [-0.05, 0) is 36.2 Å². The molecule has 0 saturated heterocycles. The monoisotopic (exact) mass is 419 g/mol. The van der Waals surface area contributed by atoms with Gasteiger partial charge in [-0.3, -0.25) is 4.79 Å². The second-order valence-electron chi connectivity index (χ2n) is 6.91. The van der Waals surface area contributed by atoms with E-state index in [4.69, 9.17) is 4.74 Å². The Hall–Kier alpha value is -2.58. The highest BCUT2D eigenvalue weighted by molar-refractivity contribution is 7.88. The third-order valence-electron chi connectivity index (χ3n) is 4.45. The number of hydrogen-bond acceptors (Lipinski definition) is 5. The molecule has 8 heteroatoms. The van der Waals surface area contributed by atoms with Crippen LogP contribution >= 0.6 is 0 Å². The molecule has 0 unspecified atom stereocenters. The van der Waals surface area contributed by atoms with E-state index in [0.717, 1.165) is 24.2 Å². The van der Waals surface area contributed by atoms with Gasteiger partial charge in [0.05, 0.1) is 6.26 Å². The van der Waals surface area contributed by atoms with Crippen molar-refractivity contribution in [2.75, 3.05) is 44.9 Å². The van der Waals surface area contributed by atoms with Crippen molar-refractivity contribution in [3.8, 4) is 5.75 Å². The third-order valence-corrected chi connectivity index (χ3v) is 5.72. The van der Waals surface area contributed by atoms with Gasteiger partial charge in [-0.1, -0.05) is 30.3 Å². The molecule has 0 bridgehead atoms. The van der Waals surface area contributed by atoms with Crippen molar-refractivity contribution in [2.24, 2.45) is 0 Å². The van der Waals surface area contributed by atoms with Gasteiger partial charge >= 0.3 is 0 Å². The molecule has 2 rings (SSSR count). The third kappa shape index (κ3) is 8.13. The molecule has 0 fully saturated rings. The Morgan fingerprint density at radius 1 is 1.03 bits per heavy atom. The van der Waals surface area contributed by atoms with Crippen LogP contribution in [0.1, 0.15) is 12.0 Å². The van der Waals surface area contributed by atoms with Crippen LogP contribution in [-0.4, -0.2) is 58.7 Å². The lowest BCUT2D eigenvalue weighted by Gasteiger charge is -2.19. The number of amides is 1. The lowest BCUT2D eigenvalue weighted by molar-refractivity contribution is -0.123. The molecule has 1 amide bonds. The summed E-state index contributed by atoms with van der Waals surface area (Å²) in [5.41, 5.74) is 1.99. The molecule has 2 aromatic rings. The van der Waals surface area contributed by atoms with Crippen molar-refractivity contribution < 1.29 is 17.9 Å². The van der Waals surface area contributed by atoms with Gasteiger partial charge in [-0.15, -0.1) is 0 Å². The number of benzene rings is 2. The van der Waals surface area contributed by atoms with Crippen LogP contribution in [0.2, 0.25) is 0 Å². The van der Waals surface area contributed by atoms with E-state index in [9.17, 15) is 13.2 Å². The SMILES string of the molecule is CN(CCCNC(=O)COc1ccc(CN(C)S(C)(=O)=O)cc1)c1ccccc1. The Labute approximate surface area is 173 Å². The molecule has 0 atom stereocenters. The summed E-state index contributed by atoms with van der Waals surface area (Å²) >= 11 is 0. The standard InChI is InChI=1S/C21H29N3O4S/c1-23(19-8-5-4-6-9-19)15-7-14-22-21(25)17-28-20-12-10-18(11-13-20)16-24(2)29(3,26)27/h4-6,8-13H,7,14-17H2,1-3H3,(H,22,25). The number of carbonyl (C=O) groups is 1. The van der Waals surface area contributed by atoms with Crippen LogP contribution in [0.5, 0.6) is 5.75 Å². The zero-order valence-electron chi connectivity index (χ0n) is 17.2. The van der Waals surface area contributed by atoms with Crippen molar-refractivity contribution in [1.82, 2.24) is 9.62 Å². The van der Waals surface area contributed by atoms with Crippen LogP contribution in [0.25, 0.3) is 0 Å². The first kappa shape index (κ1) is 22.7. The van der Waals surface area contributed by atoms with E-state index >= 15 is 0 Å². The first-order valence-electron chi connectivity index (χ1n) is 9.41. The fraction of sp³-hybridized carbons (Fsp3) is 0.381. The maximum absolute atomic E-state index is 11.9. The Morgan fingerprint density at radius 2 is 1.69 bits per heavy atom. The van der Waals surface area contributed by atoms with Crippen molar-refractivity contribution >= 4 is 21.6 Å². The molecule has 0 aliphatic rings. The van der Waals surface area contributed by atoms with Crippen LogP contribution in [0.4, 0.5) is 5.69 Å². The van der Waals surface area contributed by atoms with Crippen LogP contribution < -0.4 is 15.0 Å². The first-order chi connectivity index (χ1) is 13.8. The topological polar surface area (TPSA) is 79.0 Å². The maximum atomic E-state index is 11.9. The summed E-state index contributed by atoms with van der Waals surface area (Å²) in [6, 6.07) is 17.1. The smallest absolute Gasteiger partial charge is 0.257 e. The van der Waals surface area contributed by atoms with Gasteiger partial charge in [0.15, 0.2) is 6.61 Å². The largest absolute Gasteiger partial charge is 0.484 e.